The first-order valence-corrected chi connectivity index (χ1v) is 14.8. The van der Waals surface area contributed by atoms with Gasteiger partial charge in [-0.2, -0.15) is 0 Å². The Morgan fingerprint density at radius 3 is 1.89 bits per heavy atom. The molecule has 2 aromatic rings. The average Bonchev–Trinajstić information content (AvgIpc) is 2.88. The normalized spacial score (nSPS) is 12.8. The van der Waals surface area contributed by atoms with Gasteiger partial charge in [0, 0.05) is 17.0 Å². The highest BCUT2D eigenvalue weighted by atomic mass is 16.5. The predicted molar refractivity (Wildman–Crippen MR) is 153 cm³/mol. The number of unbranched alkanes of at least 4 members (excludes halogenated alkanes) is 15. The number of phenolic OH excluding ortho intramolecular Hbond substituents is 1. The van der Waals surface area contributed by atoms with Gasteiger partial charge in [-0.1, -0.05) is 140 Å². The van der Waals surface area contributed by atoms with Crippen molar-refractivity contribution in [1.82, 2.24) is 0 Å². The molecule has 0 atom stereocenters. The van der Waals surface area contributed by atoms with E-state index in [4.69, 9.17) is 4.74 Å². The molecule has 2 nitrogen and oxygen atoms in total. The van der Waals surface area contributed by atoms with Crippen LogP contribution in [0.1, 0.15) is 134 Å². The number of allylic oxidation sites excluding steroid dienone is 1. The van der Waals surface area contributed by atoms with E-state index < -0.39 is 0 Å². The van der Waals surface area contributed by atoms with E-state index in [1.165, 1.54) is 113 Å². The summed E-state index contributed by atoms with van der Waals surface area (Å²) < 4.78 is 6.17. The highest BCUT2D eigenvalue weighted by Crippen LogP contribution is 2.42. The number of hydrogen-bond donors (Lipinski definition) is 1. The predicted octanol–water partition coefficient (Wildman–Crippen LogP) is 10.5. The Hall–Kier alpha value is -1.96. The maximum absolute atomic E-state index is 10.7. The molecule has 1 N–H and O–H groups in total. The molecule has 194 valence electrons. The van der Waals surface area contributed by atoms with Crippen LogP contribution in [-0.4, -0.2) is 11.7 Å². The van der Waals surface area contributed by atoms with Crippen molar-refractivity contribution < 1.29 is 9.84 Å². The van der Waals surface area contributed by atoms with Gasteiger partial charge in [0.05, 0.1) is 6.61 Å². The van der Waals surface area contributed by atoms with Crippen LogP contribution in [0.5, 0.6) is 11.5 Å². The summed E-state index contributed by atoms with van der Waals surface area (Å²) in [4.78, 5) is 0. The molecule has 0 amide bonds. The van der Waals surface area contributed by atoms with E-state index in [0.29, 0.717) is 5.75 Å². The minimum atomic E-state index is 0.345. The zero-order valence-corrected chi connectivity index (χ0v) is 22.7. The summed E-state index contributed by atoms with van der Waals surface area (Å²) in [6.07, 6.45) is 26.2. The third-order valence-electron chi connectivity index (χ3n) is 7.70. The van der Waals surface area contributed by atoms with Gasteiger partial charge in [0.2, 0.25) is 0 Å². The smallest absolute Gasteiger partial charge is 0.130 e. The van der Waals surface area contributed by atoms with Gasteiger partial charge in [-0.15, -0.1) is 0 Å². The van der Waals surface area contributed by atoms with Crippen molar-refractivity contribution in [2.75, 3.05) is 6.61 Å². The summed E-state index contributed by atoms with van der Waals surface area (Å²) >= 11 is 0. The highest BCUT2D eigenvalue weighted by Gasteiger charge is 2.18. The Bertz CT molecular complexity index is 911. The molecule has 0 unspecified atom stereocenters. The molecule has 3 rings (SSSR count). The number of phenols is 1. The number of ether oxygens (including phenoxy) is 1. The molecule has 2 heteroatoms. The molecule has 0 spiro atoms. The number of aromatic hydroxyl groups is 1. The monoisotopic (exact) mass is 478 g/mol. The molecule has 0 aromatic heterocycles. The first-order valence-electron chi connectivity index (χ1n) is 14.8. The summed E-state index contributed by atoms with van der Waals surface area (Å²) in [5.41, 5.74) is 3.65. The minimum absolute atomic E-state index is 0.345. The second-order valence-electron chi connectivity index (χ2n) is 10.6. The first-order chi connectivity index (χ1) is 17.2. The lowest BCUT2D eigenvalue weighted by molar-refractivity contribution is 0.306. The fourth-order valence-electron chi connectivity index (χ4n) is 5.50. The van der Waals surface area contributed by atoms with Crippen LogP contribution in [-0.2, 0) is 6.42 Å². The SMILES string of the molecule is CCCCCCCCCCCCCCCCCCOc1cc(O)c2c3c(cccc13)CC(CC)=C2. The Kier molecular flexibility index (Phi) is 12.6. The quantitative estimate of drug-likeness (QED) is 0.203. The number of benzene rings is 2. The summed E-state index contributed by atoms with van der Waals surface area (Å²) in [7, 11) is 0. The third-order valence-corrected chi connectivity index (χ3v) is 7.70. The molecule has 0 saturated heterocycles. The second-order valence-corrected chi connectivity index (χ2v) is 10.6. The van der Waals surface area contributed by atoms with Gasteiger partial charge in [0.15, 0.2) is 0 Å². The maximum atomic E-state index is 10.7. The Morgan fingerprint density at radius 1 is 0.743 bits per heavy atom. The molecule has 0 bridgehead atoms. The molecule has 0 heterocycles. The van der Waals surface area contributed by atoms with E-state index >= 15 is 0 Å². The van der Waals surface area contributed by atoms with Crippen molar-refractivity contribution >= 4 is 16.8 Å². The average molecular weight is 479 g/mol. The molecular weight excluding hydrogens is 428 g/mol. The lowest BCUT2D eigenvalue weighted by atomic mass is 9.87. The topological polar surface area (TPSA) is 29.5 Å². The van der Waals surface area contributed by atoms with Gasteiger partial charge in [-0.25, -0.2) is 0 Å². The molecule has 0 aliphatic heterocycles. The molecule has 0 fully saturated rings. The standard InChI is InChI=1S/C33H50O2/c1-3-5-6-7-8-9-10-11-12-13-14-15-16-17-18-19-23-35-32-26-31(34)30-25-27(4-2)24-28-21-20-22-29(32)33(28)30/h20-22,25-26,34H,3-19,23-24H2,1-2H3. The number of hydrogen-bond acceptors (Lipinski definition) is 2. The summed E-state index contributed by atoms with van der Waals surface area (Å²) in [6.45, 7) is 5.20. The van der Waals surface area contributed by atoms with Crippen molar-refractivity contribution in [2.24, 2.45) is 0 Å². The van der Waals surface area contributed by atoms with Gasteiger partial charge in [0.1, 0.15) is 11.5 Å². The van der Waals surface area contributed by atoms with Crippen molar-refractivity contribution in [2.45, 2.75) is 129 Å². The third kappa shape index (κ3) is 8.89. The Balaban J connectivity index is 1.25. The maximum Gasteiger partial charge on any atom is 0.130 e. The minimum Gasteiger partial charge on any atom is -0.507 e. The zero-order chi connectivity index (χ0) is 24.7. The van der Waals surface area contributed by atoms with E-state index in [2.05, 4.69) is 38.1 Å². The second kappa shape index (κ2) is 15.9. The van der Waals surface area contributed by atoms with Crippen molar-refractivity contribution in [3.05, 3.63) is 41.0 Å². The fourth-order valence-corrected chi connectivity index (χ4v) is 5.50. The van der Waals surface area contributed by atoms with Crippen LogP contribution in [0.3, 0.4) is 0 Å². The summed E-state index contributed by atoms with van der Waals surface area (Å²) in [5, 5.41) is 13.0. The molecular formula is C33H50O2. The largest absolute Gasteiger partial charge is 0.507 e. The van der Waals surface area contributed by atoms with Crippen LogP contribution in [0.4, 0.5) is 0 Å². The molecule has 1 aliphatic rings. The first kappa shape index (κ1) is 27.6. The van der Waals surface area contributed by atoms with Crippen molar-refractivity contribution in [1.29, 1.82) is 0 Å². The Morgan fingerprint density at radius 2 is 1.31 bits per heavy atom. The van der Waals surface area contributed by atoms with Crippen LogP contribution < -0.4 is 4.74 Å². The molecule has 2 aromatic carbocycles. The summed E-state index contributed by atoms with van der Waals surface area (Å²) in [5.74, 6) is 1.18. The summed E-state index contributed by atoms with van der Waals surface area (Å²) in [6, 6.07) is 8.27. The van der Waals surface area contributed by atoms with Crippen molar-refractivity contribution in [3.8, 4) is 11.5 Å². The van der Waals surface area contributed by atoms with Crippen LogP contribution >= 0.6 is 0 Å². The van der Waals surface area contributed by atoms with Gasteiger partial charge >= 0.3 is 0 Å². The van der Waals surface area contributed by atoms with E-state index in [-0.39, 0.29) is 0 Å². The molecule has 0 saturated carbocycles. The van der Waals surface area contributed by atoms with E-state index in [0.717, 1.165) is 42.6 Å². The Labute approximate surface area is 215 Å². The molecule has 1 aliphatic carbocycles. The lowest BCUT2D eigenvalue weighted by Gasteiger charge is -2.20. The van der Waals surface area contributed by atoms with Crippen LogP contribution in [0, 0.1) is 0 Å². The highest BCUT2D eigenvalue weighted by molar-refractivity contribution is 6.01. The molecule has 35 heavy (non-hydrogen) atoms. The lowest BCUT2D eigenvalue weighted by Crippen LogP contribution is -2.02. The van der Waals surface area contributed by atoms with Gasteiger partial charge in [-0.3, -0.25) is 0 Å². The molecule has 0 radical (unpaired) electrons. The van der Waals surface area contributed by atoms with E-state index in [1.54, 1.807) is 0 Å². The van der Waals surface area contributed by atoms with Gasteiger partial charge < -0.3 is 9.84 Å². The van der Waals surface area contributed by atoms with Gasteiger partial charge in [-0.05, 0) is 30.2 Å². The van der Waals surface area contributed by atoms with E-state index in [1.807, 2.05) is 6.07 Å². The number of rotatable bonds is 19. The van der Waals surface area contributed by atoms with Crippen molar-refractivity contribution in [3.63, 3.8) is 0 Å². The fraction of sp³-hybridized carbons (Fsp3) is 0.636. The van der Waals surface area contributed by atoms with Crippen LogP contribution in [0.15, 0.2) is 29.8 Å². The van der Waals surface area contributed by atoms with Crippen LogP contribution in [0.25, 0.3) is 16.8 Å². The zero-order valence-electron chi connectivity index (χ0n) is 22.7. The van der Waals surface area contributed by atoms with Crippen LogP contribution in [0.2, 0.25) is 0 Å². The van der Waals surface area contributed by atoms with Gasteiger partial charge in [0.25, 0.3) is 0 Å². The van der Waals surface area contributed by atoms with E-state index in [9.17, 15) is 5.11 Å².